The van der Waals surface area contributed by atoms with E-state index in [9.17, 15) is 10.2 Å². The summed E-state index contributed by atoms with van der Waals surface area (Å²) in [4.78, 5) is 2.83. The van der Waals surface area contributed by atoms with Crippen LogP contribution < -0.4 is 4.74 Å². The van der Waals surface area contributed by atoms with Crippen LogP contribution in [-0.4, -0.2) is 45.9 Å². The van der Waals surface area contributed by atoms with Gasteiger partial charge >= 0.3 is 0 Å². The molecule has 156 valence electrons. The van der Waals surface area contributed by atoms with Gasteiger partial charge in [0.2, 0.25) is 0 Å². The molecular weight excluding hydrogens is 361 g/mol. The number of aromatic hydroxyl groups is 1. The standard InChI is InChI=1S/C25H33NO3/c1-23(2,28)17-12-24-8-7-16(17)22-25(24)9-10-26(13-14-3-4-14)19(24)11-15-5-6-18(27)21(29-22)20(15)25/h5-6,14,16-17,19,22,27-28H,3-4,7-13H2,1-2H3/t16-,17?,19?,22?,24+,25?/m0/s1/i13-1. The van der Waals surface area contributed by atoms with Gasteiger partial charge < -0.3 is 14.9 Å². The van der Waals surface area contributed by atoms with E-state index in [-0.39, 0.29) is 22.9 Å². The maximum atomic E-state index is 11.1. The fraction of sp³-hybridized carbons (Fsp3) is 0.760. The third-order valence-electron chi connectivity index (χ3n) is 10.1. The van der Waals surface area contributed by atoms with Crippen LogP contribution in [0, 0.1) is 23.2 Å². The molecule has 8 rings (SSSR count). The molecule has 2 spiro atoms. The third-order valence-corrected chi connectivity index (χ3v) is 10.1. The lowest BCUT2D eigenvalue weighted by Gasteiger charge is -2.72. The van der Waals surface area contributed by atoms with Crippen LogP contribution in [0.25, 0.3) is 0 Å². The Bertz CT molecular complexity index is 902. The molecule has 2 aliphatic heterocycles. The minimum Gasteiger partial charge on any atom is -0.504 e. The summed E-state index contributed by atoms with van der Waals surface area (Å²) in [5.41, 5.74) is 2.32. The third kappa shape index (κ3) is 1.90. The van der Waals surface area contributed by atoms with Gasteiger partial charge in [-0.15, -0.1) is 0 Å². The van der Waals surface area contributed by atoms with Crippen molar-refractivity contribution in [3.63, 3.8) is 0 Å². The Morgan fingerprint density at radius 3 is 2.79 bits per heavy atom. The lowest BCUT2D eigenvalue weighted by molar-refractivity contribution is -0.225. The summed E-state index contributed by atoms with van der Waals surface area (Å²) < 4.78 is 6.71. The molecule has 29 heavy (non-hydrogen) atoms. The topological polar surface area (TPSA) is 52.9 Å². The van der Waals surface area contributed by atoms with E-state index in [1.807, 2.05) is 19.9 Å². The lowest BCUT2D eigenvalue weighted by atomic mass is 9.34. The summed E-state index contributed by atoms with van der Waals surface area (Å²) in [5, 5.41) is 21.9. The summed E-state index contributed by atoms with van der Waals surface area (Å²) in [6.45, 7) is 6.43. The van der Waals surface area contributed by atoms with E-state index in [1.165, 1.54) is 36.9 Å². The highest BCUT2D eigenvalue weighted by molar-refractivity contribution is 5.62. The van der Waals surface area contributed by atoms with Crippen LogP contribution in [0.3, 0.4) is 0 Å². The molecule has 0 amide bonds. The Balaban J connectivity index is 1.46. The van der Waals surface area contributed by atoms with Gasteiger partial charge in [-0.1, -0.05) is 6.07 Å². The zero-order chi connectivity index (χ0) is 19.8. The summed E-state index contributed by atoms with van der Waals surface area (Å²) >= 11 is 0. The van der Waals surface area contributed by atoms with Crippen LogP contribution in [0.5, 0.6) is 11.5 Å². The van der Waals surface area contributed by atoms with Gasteiger partial charge in [0.15, 0.2) is 11.5 Å². The Labute approximate surface area is 173 Å². The number of nitrogens with zero attached hydrogens (tertiary/aromatic N) is 1. The lowest BCUT2D eigenvalue weighted by Crippen LogP contribution is -2.77. The van der Waals surface area contributed by atoms with Gasteiger partial charge in [-0.2, -0.15) is 0 Å². The molecule has 1 saturated heterocycles. The average Bonchev–Trinajstić information content (AvgIpc) is 3.42. The van der Waals surface area contributed by atoms with Gasteiger partial charge in [0, 0.05) is 34.9 Å². The van der Waals surface area contributed by atoms with Crippen LogP contribution in [-0.2, 0) is 11.8 Å². The van der Waals surface area contributed by atoms with Crippen LogP contribution in [0.1, 0.15) is 63.5 Å². The molecule has 7 aliphatic rings. The molecule has 4 heteroatoms. The van der Waals surface area contributed by atoms with Crippen molar-refractivity contribution in [2.75, 3.05) is 13.1 Å². The van der Waals surface area contributed by atoms with Crippen molar-refractivity contribution >= 4 is 0 Å². The fourth-order valence-corrected chi connectivity index (χ4v) is 8.88. The summed E-state index contributed by atoms with van der Waals surface area (Å²) in [6.07, 6.45) is 8.67. The van der Waals surface area contributed by atoms with E-state index in [0.717, 1.165) is 43.9 Å². The van der Waals surface area contributed by atoms with Gasteiger partial charge in [0.25, 0.3) is 0 Å². The fourth-order valence-electron chi connectivity index (χ4n) is 8.88. The molecule has 4 nitrogen and oxygen atoms in total. The molecule has 4 unspecified atom stereocenters. The van der Waals surface area contributed by atoms with E-state index in [4.69, 9.17) is 4.74 Å². The molecule has 2 heterocycles. The number of hydrogen-bond donors (Lipinski definition) is 2. The van der Waals surface area contributed by atoms with E-state index in [0.29, 0.717) is 17.7 Å². The first kappa shape index (κ1) is 17.4. The predicted molar refractivity (Wildman–Crippen MR) is 110 cm³/mol. The molecule has 6 atom stereocenters. The van der Waals surface area contributed by atoms with Gasteiger partial charge in [-0.3, -0.25) is 4.90 Å². The van der Waals surface area contributed by atoms with Crippen molar-refractivity contribution in [1.82, 2.24) is 4.90 Å². The van der Waals surface area contributed by atoms with E-state index in [1.54, 1.807) is 0 Å². The number of hydrogen-bond acceptors (Lipinski definition) is 4. The van der Waals surface area contributed by atoms with Crippen molar-refractivity contribution in [3.05, 3.63) is 23.3 Å². The maximum absolute atomic E-state index is 11.1. The second-order valence-corrected chi connectivity index (χ2v) is 11.7. The van der Waals surface area contributed by atoms with Crippen molar-refractivity contribution < 1.29 is 14.9 Å². The number of benzene rings is 1. The van der Waals surface area contributed by atoms with E-state index in [2.05, 4.69) is 11.0 Å². The van der Waals surface area contributed by atoms with Crippen LogP contribution >= 0.6 is 0 Å². The minimum absolute atomic E-state index is 0.0457. The Morgan fingerprint density at radius 1 is 1.21 bits per heavy atom. The predicted octanol–water partition coefficient (Wildman–Crippen LogP) is 3.62. The number of phenolic OH excluding ortho intramolecular Hbond substituents is 1. The number of rotatable bonds is 3. The summed E-state index contributed by atoms with van der Waals surface area (Å²) in [6, 6.07) is 4.59. The highest BCUT2D eigenvalue weighted by Gasteiger charge is 2.77. The highest BCUT2D eigenvalue weighted by atomic mass is 16.5. The quantitative estimate of drug-likeness (QED) is 0.822. The minimum atomic E-state index is -0.685. The smallest absolute Gasteiger partial charge is 0.165 e. The molecule has 5 fully saturated rings. The first-order valence-electron chi connectivity index (χ1n) is 11.8. The van der Waals surface area contributed by atoms with Gasteiger partial charge in [0.05, 0.1) is 5.60 Å². The highest BCUT2D eigenvalue weighted by Crippen LogP contribution is 2.76. The molecule has 4 saturated carbocycles. The molecular formula is C25H33NO3. The van der Waals surface area contributed by atoms with Crippen molar-refractivity contribution in [2.45, 2.75) is 82.0 Å². The number of ether oxygens (including phenoxy) is 1. The Hall–Kier alpha value is -1.26. The average molecular weight is 395 g/mol. The molecule has 0 radical (unpaired) electrons. The van der Waals surface area contributed by atoms with Gasteiger partial charge in [-0.05, 0) is 88.8 Å². The van der Waals surface area contributed by atoms with Crippen molar-refractivity contribution in [3.8, 4) is 11.5 Å². The number of piperidine rings is 1. The summed E-state index contributed by atoms with van der Waals surface area (Å²) in [7, 11) is 0. The first-order chi connectivity index (χ1) is 13.8. The monoisotopic (exact) mass is 394 g/mol. The first-order valence-corrected chi connectivity index (χ1v) is 11.8. The summed E-state index contributed by atoms with van der Waals surface area (Å²) in [5.74, 6) is 2.66. The Kier molecular flexibility index (Phi) is 3.08. The molecule has 0 aromatic heterocycles. The van der Waals surface area contributed by atoms with E-state index < -0.39 is 5.60 Å². The molecule has 2 N–H and O–H groups in total. The molecule has 1 aromatic rings. The van der Waals surface area contributed by atoms with Crippen LogP contribution in [0.2, 0.25) is 0 Å². The SMILES string of the molecule is CC(C)(O)C1C[C@@]23CC[C@@H]1C1Oc4c(O)ccc5c4C12CCN([11CH2]C1CC1)C3C5. The zero-order valence-electron chi connectivity index (χ0n) is 17.7. The molecule has 5 aliphatic carbocycles. The van der Waals surface area contributed by atoms with Gasteiger partial charge in [-0.25, -0.2) is 0 Å². The normalized spacial score (nSPS) is 44.5. The number of fused-ring (bicyclic) bond motifs is 2. The van der Waals surface area contributed by atoms with Crippen molar-refractivity contribution in [2.24, 2.45) is 23.2 Å². The van der Waals surface area contributed by atoms with Crippen LogP contribution in [0.4, 0.5) is 0 Å². The Morgan fingerprint density at radius 2 is 2.03 bits per heavy atom. The second kappa shape index (κ2) is 5.13. The maximum Gasteiger partial charge on any atom is 0.165 e. The van der Waals surface area contributed by atoms with Crippen LogP contribution in [0.15, 0.2) is 12.1 Å². The number of likely N-dealkylation sites (tertiary alicyclic amines) is 1. The molecule has 1 aromatic carbocycles. The van der Waals surface area contributed by atoms with Crippen molar-refractivity contribution in [1.29, 1.82) is 0 Å². The second-order valence-electron chi connectivity index (χ2n) is 11.7. The zero-order valence-corrected chi connectivity index (χ0v) is 17.7. The number of phenols is 1. The number of aliphatic hydroxyl groups is 1. The van der Waals surface area contributed by atoms with Gasteiger partial charge in [0.1, 0.15) is 6.10 Å². The molecule has 4 bridgehead atoms. The largest absolute Gasteiger partial charge is 0.504 e. The van der Waals surface area contributed by atoms with E-state index >= 15 is 0 Å².